The number of fused-ring (bicyclic) bond motifs is 8. The van der Waals surface area contributed by atoms with E-state index < -0.39 is 0 Å². The molecule has 56 heavy (non-hydrogen) atoms. The van der Waals surface area contributed by atoms with Crippen LogP contribution in [-0.4, -0.2) is 16.0 Å². The predicted molar refractivity (Wildman–Crippen MR) is 246 cm³/mol. The molecule has 0 saturated heterocycles. The fourth-order valence-corrected chi connectivity index (χ4v) is 7.89. The molecule has 0 nitrogen and oxygen atoms in total. The van der Waals surface area contributed by atoms with Gasteiger partial charge in [0, 0.05) is 0 Å². The Bertz CT molecular complexity index is 2620. The molecule has 2 radical (unpaired) electrons. The van der Waals surface area contributed by atoms with Crippen LogP contribution in [0.15, 0.2) is 170 Å². The van der Waals surface area contributed by atoms with E-state index in [0.717, 1.165) is 12.8 Å². The summed E-state index contributed by atoms with van der Waals surface area (Å²) in [4.78, 5) is 0. The summed E-state index contributed by atoms with van der Waals surface area (Å²) >= 11 is 0. The van der Waals surface area contributed by atoms with E-state index in [9.17, 15) is 0 Å². The number of aryl methyl sites for hydroxylation is 2. The topological polar surface area (TPSA) is 0 Å². The second-order valence-electron chi connectivity index (χ2n) is 14.1. The van der Waals surface area contributed by atoms with Gasteiger partial charge in [0.25, 0.3) is 0 Å². The summed E-state index contributed by atoms with van der Waals surface area (Å²) in [6, 6.07) is 62.4. The first-order valence-corrected chi connectivity index (χ1v) is 19.9. The standard InChI is InChI=1S/2C25H19.C3H7.CHSi.Zr/c2*1-2-17-13-21-12-11-18-7-5-6-10-23(18)25(21)24(14-17)22-15-19-8-3-4-9-20(19)16-22;1-3-2;1-2;/h2*3-16H,2H2,1H3;3H,1-2H3;1H;/q4*-1;+4. The average Bonchev–Trinajstić information content (AvgIpc) is 3.89. The minimum Gasteiger partial charge on any atom is -0.530 e. The minimum atomic E-state index is 0. The molecule has 10 rings (SSSR count). The Morgan fingerprint density at radius 3 is 1.16 bits per heavy atom. The van der Waals surface area contributed by atoms with Crippen molar-refractivity contribution >= 4 is 80.7 Å². The van der Waals surface area contributed by atoms with Gasteiger partial charge < -0.3 is 12.6 Å². The summed E-state index contributed by atoms with van der Waals surface area (Å²) in [6.07, 6.45) is 8.41. The number of rotatable bonds is 4. The van der Waals surface area contributed by atoms with Crippen LogP contribution in [0.2, 0.25) is 0 Å². The van der Waals surface area contributed by atoms with E-state index in [1.807, 2.05) is 20.3 Å². The maximum Gasteiger partial charge on any atom is 4.00 e. The Balaban J connectivity index is 0.000000168. The molecule has 0 aliphatic carbocycles. The van der Waals surface area contributed by atoms with Crippen LogP contribution in [0, 0.1) is 6.42 Å². The van der Waals surface area contributed by atoms with Crippen molar-refractivity contribution in [3.05, 3.63) is 187 Å². The molecule has 0 atom stereocenters. The van der Waals surface area contributed by atoms with E-state index in [1.165, 1.54) is 98.0 Å². The molecule has 0 aliphatic rings. The van der Waals surface area contributed by atoms with Gasteiger partial charge in [0.05, 0.1) is 0 Å². The van der Waals surface area contributed by atoms with Crippen LogP contribution in [0.4, 0.5) is 0 Å². The van der Waals surface area contributed by atoms with Gasteiger partial charge in [-0.05, 0) is 55.9 Å². The molecule has 270 valence electrons. The third kappa shape index (κ3) is 8.24. The molecule has 2 heteroatoms. The van der Waals surface area contributed by atoms with Crippen LogP contribution >= 0.6 is 0 Å². The first-order chi connectivity index (χ1) is 27.1. The molecule has 0 bridgehead atoms. The van der Waals surface area contributed by atoms with Crippen LogP contribution in [-0.2, 0) is 39.0 Å². The maximum absolute atomic E-state index is 4.31. The van der Waals surface area contributed by atoms with Gasteiger partial charge >= 0.3 is 26.2 Å². The van der Waals surface area contributed by atoms with Crippen molar-refractivity contribution in [2.45, 2.75) is 40.5 Å². The van der Waals surface area contributed by atoms with Gasteiger partial charge in [-0.3, -0.25) is 9.85 Å². The number of hydrogen-bond donors (Lipinski definition) is 0. The summed E-state index contributed by atoms with van der Waals surface area (Å²) in [6.45, 7) is 8.46. The first kappa shape index (κ1) is 40.6. The fraction of sp³-hybridized carbons (Fsp3) is 0.111. The minimum absolute atomic E-state index is 0. The molecular weight excluding hydrogens is 768 g/mol. The Labute approximate surface area is 354 Å². The van der Waals surface area contributed by atoms with Crippen molar-refractivity contribution < 1.29 is 26.2 Å². The van der Waals surface area contributed by atoms with Crippen LogP contribution in [0.5, 0.6) is 0 Å². The zero-order chi connectivity index (χ0) is 38.3. The smallest absolute Gasteiger partial charge is 0.530 e. The SMILES string of the molecule is CCc1cc(-c2cc3ccccc3[cH-]2)c2c(ccc3ccccc32)c1.CCc1cc(-c2cc3ccccc3[cH-]2)c2c(ccc3ccccc32)c1.C[CH-]C.[CH-]=[Si].[Zr+4]. The van der Waals surface area contributed by atoms with Crippen molar-refractivity contribution in [1.82, 2.24) is 0 Å². The number of hydrogen-bond acceptors (Lipinski definition) is 0. The summed E-state index contributed by atoms with van der Waals surface area (Å²) in [5.74, 6) is 0. The molecule has 0 spiro atoms. The van der Waals surface area contributed by atoms with Crippen LogP contribution in [0.25, 0.3) is 86.9 Å². The van der Waals surface area contributed by atoms with Crippen molar-refractivity contribution in [2.75, 3.05) is 0 Å². The quantitative estimate of drug-likeness (QED) is 0.0943. The second-order valence-corrected chi connectivity index (χ2v) is 14.1. The molecule has 0 N–H and O–H groups in total. The van der Waals surface area contributed by atoms with Gasteiger partial charge in [-0.25, -0.2) is 0 Å². The van der Waals surface area contributed by atoms with Gasteiger partial charge in [0.1, 0.15) is 0 Å². The van der Waals surface area contributed by atoms with E-state index in [2.05, 4.69) is 200 Å². The molecule has 0 aromatic heterocycles. The largest absolute Gasteiger partial charge is 4.00 e. The predicted octanol–water partition coefficient (Wildman–Crippen LogP) is 14.9. The van der Waals surface area contributed by atoms with Gasteiger partial charge in [-0.15, -0.1) is 69.1 Å². The van der Waals surface area contributed by atoms with Crippen molar-refractivity contribution in [3.8, 4) is 22.3 Å². The molecular formula is C54H46SiZr. The van der Waals surface area contributed by atoms with E-state index in [1.54, 1.807) is 0 Å². The fourth-order valence-electron chi connectivity index (χ4n) is 7.89. The summed E-state index contributed by atoms with van der Waals surface area (Å²) in [7, 11) is 2.47. The Morgan fingerprint density at radius 1 is 0.446 bits per heavy atom. The van der Waals surface area contributed by atoms with Crippen LogP contribution in [0.1, 0.15) is 38.8 Å². The molecule has 0 heterocycles. The van der Waals surface area contributed by atoms with Gasteiger partial charge in [-0.2, -0.15) is 13.8 Å². The monoisotopic (exact) mass is 812 g/mol. The Kier molecular flexibility index (Phi) is 13.6. The van der Waals surface area contributed by atoms with Crippen LogP contribution < -0.4 is 0 Å². The number of benzene rings is 8. The summed E-state index contributed by atoms with van der Waals surface area (Å²) in [5, 5.41) is 15.9. The van der Waals surface area contributed by atoms with Crippen molar-refractivity contribution in [2.24, 2.45) is 0 Å². The van der Waals surface area contributed by atoms with E-state index in [-0.39, 0.29) is 26.2 Å². The molecule has 0 amide bonds. The summed E-state index contributed by atoms with van der Waals surface area (Å²) < 4.78 is 0. The van der Waals surface area contributed by atoms with Crippen molar-refractivity contribution in [3.63, 3.8) is 0 Å². The van der Waals surface area contributed by atoms with E-state index >= 15 is 0 Å². The first-order valence-electron chi connectivity index (χ1n) is 19.3. The molecule has 0 fully saturated rings. The van der Waals surface area contributed by atoms with Gasteiger partial charge in [0.2, 0.25) is 0 Å². The molecule has 10 aromatic carbocycles. The van der Waals surface area contributed by atoms with Crippen molar-refractivity contribution in [1.29, 1.82) is 0 Å². The maximum atomic E-state index is 4.31. The zero-order valence-electron chi connectivity index (χ0n) is 32.7. The van der Waals surface area contributed by atoms with Crippen LogP contribution in [0.3, 0.4) is 0 Å². The second kappa shape index (κ2) is 18.8. The molecule has 10 aromatic rings. The Morgan fingerprint density at radius 2 is 0.786 bits per heavy atom. The van der Waals surface area contributed by atoms with Gasteiger partial charge in [-0.1, -0.05) is 170 Å². The molecule has 0 aliphatic heterocycles. The molecule has 0 saturated carbocycles. The van der Waals surface area contributed by atoms with E-state index in [4.69, 9.17) is 0 Å². The van der Waals surface area contributed by atoms with E-state index in [0.29, 0.717) is 0 Å². The normalized spacial score (nSPS) is 10.7. The Hall–Kier alpha value is -5.01. The molecule has 0 unspecified atom stereocenters. The third-order valence-corrected chi connectivity index (χ3v) is 10.5. The zero-order valence-corrected chi connectivity index (χ0v) is 36.2. The summed E-state index contributed by atoms with van der Waals surface area (Å²) in [5.41, 5.74) is 8.12. The van der Waals surface area contributed by atoms with Gasteiger partial charge in [0.15, 0.2) is 0 Å². The average molecular weight is 814 g/mol. The third-order valence-electron chi connectivity index (χ3n) is 10.5.